The number of benzene rings is 1. The molecule has 0 bridgehead atoms. The van der Waals surface area contributed by atoms with Crippen LogP contribution in [0, 0.1) is 11.3 Å². The fourth-order valence-electron chi connectivity index (χ4n) is 5.02. The molecule has 2 aromatic rings. The molecular weight excluding hydrogens is 460 g/mol. The molecule has 3 heterocycles. The number of fused-ring (bicyclic) bond motifs is 1. The van der Waals surface area contributed by atoms with E-state index in [1.165, 1.54) is 0 Å². The first-order valence-corrected chi connectivity index (χ1v) is 12.9. The highest BCUT2D eigenvalue weighted by atomic mass is 16.5. The van der Waals surface area contributed by atoms with Gasteiger partial charge in [0.15, 0.2) is 0 Å². The minimum atomic E-state index is -0.470. The Kier molecular flexibility index (Phi) is 8.08. The Bertz CT molecular complexity index is 1120. The van der Waals surface area contributed by atoms with Crippen LogP contribution in [0.1, 0.15) is 76.1 Å². The molecule has 0 aliphatic carbocycles. The molecule has 1 spiro atoms. The predicted molar refractivity (Wildman–Crippen MR) is 134 cm³/mol. The van der Waals surface area contributed by atoms with Gasteiger partial charge in [0, 0.05) is 44.3 Å². The summed E-state index contributed by atoms with van der Waals surface area (Å²) in [6.07, 6.45) is 3.25. The van der Waals surface area contributed by atoms with Crippen LogP contribution in [-0.4, -0.2) is 60.5 Å². The number of nitrogens with zero attached hydrogens (tertiary/aromatic N) is 2. The summed E-state index contributed by atoms with van der Waals surface area (Å²) in [5.74, 6) is -0.770. The van der Waals surface area contributed by atoms with E-state index in [0.29, 0.717) is 56.0 Å². The van der Waals surface area contributed by atoms with E-state index in [-0.39, 0.29) is 29.8 Å². The van der Waals surface area contributed by atoms with Gasteiger partial charge in [0.05, 0.1) is 29.1 Å². The van der Waals surface area contributed by atoms with E-state index in [2.05, 4.69) is 10.6 Å². The maximum atomic E-state index is 13.0. The van der Waals surface area contributed by atoms with Gasteiger partial charge in [-0.3, -0.25) is 14.3 Å². The van der Waals surface area contributed by atoms with Gasteiger partial charge < -0.3 is 20.1 Å². The van der Waals surface area contributed by atoms with Crippen LogP contribution in [0.15, 0.2) is 24.3 Å². The summed E-state index contributed by atoms with van der Waals surface area (Å²) in [7, 11) is 0. The van der Waals surface area contributed by atoms with Crippen molar-refractivity contribution < 1.29 is 23.9 Å². The van der Waals surface area contributed by atoms with E-state index in [1.54, 1.807) is 24.3 Å². The molecule has 2 aliphatic rings. The zero-order chi connectivity index (χ0) is 25.7. The van der Waals surface area contributed by atoms with Gasteiger partial charge in [-0.25, -0.2) is 4.79 Å². The number of hydrogen-bond donors (Lipinski definition) is 2. The van der Waals surface area contributed by atoms with Crippen LogP contribution in [0.4, 0.5) is 0 Å². The van der Waals surface area contributed by atoms with E-state index >= 15 is 0 Å². The van der Waals surface area contributed by atoms with E-state index in [4.69, 9.17) is 14.6 Å². The van der Waals surface area contributed by atoms with Crippen LogP contribution < -0.4 is 10.6 Å². The van der Waals surface area contributed by atoms with Crippen molar-refractivity contribution in [2.24, 2.45) is 11.3 Å². The second-order valence-electron chi connectivity index (χ2n) is 9.92. The topological polar surface area (TPSA) is 112 Å². The first-order valence-electron chi connectivity index (χ1n) is 12.9. The standard InChI is InChI=1S/C27H36N4O5/c1-4-21-23-22(14-27(17-29-25(23)33)9-11-35-12-10-27)31(30-21)15-18(3)16-36-26(34)20-8-6-7-19(13-20)24(32)28-5-2/h6-8,13,18H,4-5,9-12,14-17H2,1-3H3,(H,28,32)(H,29,33). The van der Waals surface area contributed by atoms with Gasteiger partial charge in [0.2, 0.25) is 0 Å². The first kappa shape index (κ1) is 25.9. The van der Waals surface area contributed by atoms with Gasteiger partial charge in [-0.05, 0) is 56.2 Å². The minimum Gasteiger partial charge on any atom is -0.462 e. The Balaban J connectivity index is 1.46. The molecule has 1 fully saturated rings. The van der Waals surface area contributed by atoms with Gasteiger partial charge in [0.25, 0.3) is 11.8 Å². The Labute approximate surface area is 211 Å². The van der Waals surface area contributed by atoms with Crippen molar-refractivity contribution in [3.05, 3.63) is 52.3 Å². The van der Waals surface area contributed by atoms with Crippen molar-refractivity contribution in [1.29, 1.82) is 0 Å². The lowest BCUT2D eigenvalue weighted by Crippen LogP contribution is -2.41. The zero-order valence-corrected chi connectivity index (χ0v) is 21.4. The van der Waals surface area contributed by atoms with Gasteiger partial charge in [-0.15, -0.1) is 0 Å². The zero-order valence-electron chi connectivity index (χ0n) is 21.4. The molecule has 36 heavy (non-hydrogen) atoms. The Hall–Kier alpha value is -3.20. The third-order valence-corrected chi connectivity index (χ3v) is 7.09. The predicted octanol–water partition coefficient (Wildman–Crippen LogP) is 2.77. The number of ether oxygens (including phenoxy) is 2. The lowest BCUT2D eigenvalue weighted by Gasteiger charge is -2.36. The second-order valence-corrected chi connectivity index (χ2v) is 9.92. The molecule has 2 aliphatic heterocycles. The first-order chi connectivity index (χ1) is 17.4. The van der Waals surface area contributed by atoms with Crippen LogP contribution in [-0.2, 0) is 28.9 Å². The molecule has 1 saturated heterocycles. The highest BCUT2D eigenvalue weighted by molar-refractivity contribution is 5.98. The maximum absolute atomic E-state index is 13.0. The van der Waals surface area contributed by atoms with Crippen molar-refractivity contribution in [2.45, 2.75) is 53.0 Å². The molecule has 0 radical (unpaired) electrons. The summed E-state index contributed by atoms with van der Waals surface area (Å²) in [6.45, 7) is 9.15. The van der Waals surface area contributed by atoms with Crippen LogP contribution >= 0.6 is 0 Å². The third-order valence-electron chi connectivity index (χ3n) is 7.09. The smallest absolute Gasteiger partial charge is 0.338 e. The van der Waals surface area contributed by atoms with Gasteiger partial charge in [-0.1, -0.05) is 19.9 Å². The summed E-state index contributed by atoms with van der Waals surface area (Å²) in [6, 6.07) is 6.53. The molecule has 1 aromatic carbocycles. The average molecular weight is 497 g/mol. The van der Waals surface area contributed by atoms with Crippen molar-refractivity contribution in [3.8, 4) is 0 Å². The SMILES string of the molecule is CCNC(=O)c1cccc(C(=O)OCC(C)Cn2nc(CC)c3c2CC2(CCOCC2)CNC3=O)c1. The van der Waals surface area contributed by atoms with Crippen LogP contribution in [0.3, 0.4) is 0 Å². The fraction of sp³-hybridized carbons (Fsp3) is 0.556. The van der Waals surface area contributed by atoms with Gasteiger partial charge in [-0.2, -0.15) is 5.10 Å². The molecule has 9 heteroatoms. The summed E-state index contributed by atoms with van der Waals surface area (Å²) in [4.78, 5) is 37.8. The van der Waals surface area contributed by atoms with Crippen molar-refractivity contribution in [1.82, 2.24) is 20.4 Å². The molecule has 194 valence electrons. The largest absolute Gasteiger partial charge is 0.462 e. The molecule has 1 aromatic heterocycles. The van der Waals surface area contributed by atoms with E-state index in [0.717, 1.165) is 30.7 Å². The van der Waals surface area contributed by atoms with Crippen LogP contribution in [0.25, 0.3) is 0 Å². The molecule has 0 saturated carbocycles. The average Bonchev–Trinajstić information content (AvgIpc) is 3.15. The molecule has 9 nitrogen and oxygen atoms in total. The Morgan fingerprint density at radius 2 is 2.00 bits per heavy atom. The normalized spacial score (nSPS) is 17.6. The third kappa shape index (κ3) is 5.61. The van der Waals surface area contributed by atoms with E-state index < -0.39 is 5.97 Å². The number of nitrogens with one attached hydrogen (secondary N) is 2. The van der Waals surface area contributed by atoms with Crippen LogP contribution in [0.5, 0.6) is 0 Å². The molecule has 4 rings (SSSR count). The Morgan fingerprint density at radius 1 is 1.25 bits per heavy atom. The summed E-state index contributed by atoms with van der Waals surface area (Å²) >= 11 is 0. The lowest BCUT2D eigenvalue weighted by atomic mass is 9.76. The number of carbonyl (C=O) groups excluding carboxylic acids is 3. The maximum Gasteiger partial charge on any atom is 0.338 e. The summed E-state index contributed by atoms with van der Waals surface area (Å²) in [5.41, 5.74) is 3.21. The van der Waals surface area contributed by atoms with Crippen molar-refractivity contribution in [3.63, 3.8) is 0 Å². The second kappa shape index (κ2) is 11.2. The molecule has 2 amide bonds. The quantitative estimate of drug-likeness (QED) is 0.544. The summed E-state index contributed by atoms with van der Waals surface area (Å²) < 4.78 is 13.1. The minimum absolute atomic E-state index is 0.0211. The van der Waals surface area contributed by atoms with Crippen molar-refractivity contribution >= 4 is 17.8 Å². The van der Waals surface area contributed by atoms with Crippen molar-refractivity contribution in [2.75, 3.05) is 32.9 Å². The highest BCUT2D eigenvalue weighted by Gasteiger charge is 2.39. The number of aromatic nitrogens is 2. The number of rotatable bonds is 8. The number of carbonyl (C=O) groups is 3. The van der Waals surface area contributed by atoms with E-state index in [9.17, 15) is 14.4 Å². The van der Waals surface area contributed by atoms with Gasteiger partial charge in [0.1, 0.15) is 0 Å². The monoisotopic (exact) mass is 496 g/mol. The number of aryl methyl sites for hydroxylation is 1. The summed E-state index contributed by atoms with van der Waals surface area (Å²) in [5, 5.41) is 10.7. The molecular formula is C27H36N4O5. The number of amides is 2. The Morgan fingerprint density at radius 3 is 2.72 bits per heavy atom. The number of hydrogen-bond acceptors (Lipinski definition) is 6. The van der Waals surface area contributed by atoms with Gasteiger partial charge >= 0.3 is 5.97 Å². The highest BCUT2D eigenvalue weighted by Crippen LogP contribution is 2.37. The van der Waals surface area contributed by atoms with E-state index in [1.807, 2.05) is 25.5 Å². The molecule has 2 N–H and O–H groups in total. The number of esters is 1. The molecule has 1 unspecified atom stereocenters. The molecule has 1 atom stereocenters. The lowest BCUT2D eigenvalue weighted by molar-refractivity contribution is 0.0151. The fourth-order valence-corrected chi connectivity index (χ4v) is 5.02. The van der Waals surface area contributed by atoms with Crippen LogP contribution in [0.2, 0.25) is 0 Å².